The van der Waals surface area contributed by atoms with Gasteiger partial charge in [0.2, 0.25) is 5.13 Å². The SMILES string of the molecule is CCc1nnc(NC(=S)NC(=O)c2cccc(OCCOc3ccccc3)c2)s1. The number of thiocarbonyl (C=S) groups is 1. The summed E-state index contributed by atoms with van der Waals surface area (Å²) in [4.78, 5) is 12.4. The van der Waals surface area contributed by atoms with E-state index in [-0.39, 0.29) is 11.0 Å². The van der Waals surface area contributed by atoms with Crippen molar-refractivity contribution in [3.63, 3.8) is 0 Å². The van der Waals surface area contributed by atoms with Gasteiger partial charge in [-0.25, -0.2) is 0 Å². The molecule has 2 N–H and O–H groups in total. The zero-order valence-electron chi connectivity index (χ0n) is 15.8. The lowest BCUT2D eigenvalue weighted by molar-refractivity contribution is 0.0977. The number of amides is 1. The van der Waals surface area contributed by atoms with Gasteiger partial charge in [0.1, 0.15) is 29.7 Å². The van der Waals surface area contributed by atoms with Crippen LogP contribution in [-0.4, -0.2) is 34.4 Å². The largest absolute Gasteiger partial charge is 0.490 e. The monoisotopic (exact) mass is 428 g/mol. The van der Waals surface area contributed by atoms with Crippen LogP contribution >= 0.6 is 23.6 Å². The Morgan fingerprint density at radius 1 is 1.03 bits per heavy atom. The van der Waals surface area contributed by atoms with Crippen LogP contribution in [0.5, 0.6) is 11.5 Å². The lowest BCUT2D eigenvalue weighted by atomic mass is 10.2. The summed E-state index contributed by atoms with van der Waals surface area (Å²) in [5, 5.41) is 15.1. The molecule has 0 saturated carbocycles. The van der Waals surface area contributed by atoms with Crippen molar-refractivity contribution in [2.75, 3.05) is 18.5 Å². The van der Waals surface area contributed by atoms with Crippen molar-refractivity contribution in [2.45, 2.75) is 13.3 Å². The summed E-state index contributed by atoms with van der Waals surface area (Å²) in [7, 11) is 0. The summed E-state index contributed by atoms with van der Waals surface area (Å²) in [6.45, 7) is 2.75. The van der Waals surface area contributed by atoms with Crippen LogP contribution < -0.4 is 20.1 Å². The van der Waals surface area contributed by atoms with Gasteiger partial charge < -0.3 is 14.8 Å². The van der Waals surface area contributed by atoms with Gasteiger partial charge in [-0.2, -0.15) is 0 Å². The van der Waals surface area contributed by atoms with E-state index < -0.39 is 0 Å². The van der Waals surface area contributed by atoms with E-state index in [4.69, 9.17) is 21.7 Å². The number of carbonyl (C=O) groups excluding carboxylic acids is 1. The fourth-order valence-electron chi connectivity index (χ4n) is 2.31. The zero-order chi connectivity index (χ0) is 20.5. The summed E-state index contributed by atoms with van der Waals surface area (Å²) in [6, 6.07) is 16.4. The van der Waals surface area contributed by atoms with Gasteiger partial charge in [0.05, 0.1) is 0 Å². The van der Waals surface area contributed by atoms with E-state index >= 15 is 0 Å². The average molecular weight is 429 g/mol. The van der Waals surface area contributed by atoms with Crippen LogP contribution in [0.2, 0.25) is 0 Å². The lowest BCUT2D eigenvalue weighted by Gasteiger charge is -2.10. The minimum absolute atomic E-state index is 0.163. The first-order valence-corrected chi connectivity index (χ1v) is 10.2. The molecular weight excluding hydrogens is 408 g/mol. The Bertz CT molecular complexity index is 963. The molecule has 150 valence electrons. The number of rotatable bonds is 8. The number of anilines is 1. The number of hydrogen-bond acceptors (Lipinski definition) is 7. The molecule has 0 saturated heterocycles. The highest BCUT2D eigenvalue weighted by Gasteiger charge is 2.11. The van der Waals surface area contributed by atoms with E-state index in [0.29, 0.717) is 29.7 Å². The Morgan fingerprint density at radius 3 is 2.48 bits per heavy atom. The van der Waals surface area contributed by atoms with E-state index in [1.165, 1.54) is 11.3 Å². The molecule has 1 amide bonds. The standard InChI is InChI=1S/C20H20N4O3S2/c1-2-17-23-24-20(29-17)22-19(28)21-18(25)14-7-6-10-16(13-14)27-12-11-26-15-8-4-3-5-9-15/h3-10,13H,2,11-12H2,1H3,(H2,21,22,24,25,28). The summed E-state index contributed by atoms with van der Waals surface area (Å²) >= 11 is 6.56. The number of ether oxygens (including phenoxy) is 2. The number of para-hydroxylation sites is 1. The van der Waals surface area contributed by atoms with E-state index in [1.54, 1.807) is 24.3 Å². The smallest absolute Gasteiger partial charge is 0.257 e. The Kier molecular flexibility index (Phi) is 7.48. The third-order valence-electron chi connectivity index (χ3n) is 3.68. The molecule has 1 heterocycles. The molecule has 0 aliphatic carbocycles. The quantitative estimate of drug-likeness (QED) is 0.418. The van der Waals surface area contributed by atoms with Gasteiger partial charge in [0.15, 0.2) is 5.11 Å². The molecule has 3 aromatic rings. The van der Waals surface area contributed by atoms with Gasteiger partial charge in [0.25, 0.3) is 5.91 Å². The van der Waals surface area contributed by atoms with Crippen molar-refractivity contribution in [2.24, 2.45) is 0 Å². The van der Waals surface area contributed by atoms with Crippen molar-refractivity contribution in [3.05, 3.63) is 65.2 Å². The van der Waals surface area contributed by atoms with Crippen LogP contribution in [0.4, 0.5) is 5.13 Å². The molecule has 1 aromatic heterocycles. The molecule has 7 nitrogen and oxygen atoms in total. The molecule has 0 aliphatic rings. The third kappa shape index (κ3) is 6.51. The summed E-state index contributed by atoms with van der Waals surface area (Å²) < 4.78 is 11.2. The summed E-state index contributed by atoms with van der Waals surface area (Å²) in [6.07, 6.45) is 0.793. The van der Waals surface area contributed by atoms with Gasteiger partial charge in [-0.3, -0.25) is 10.1 Å². The highest BCUT2D eigenvalue weighted by molar-refractivity contribution is 7.80. The third-order valence-corrected chi connectivity index (χ3v) is 4.86. The number of aryl methyl sites for hydroxylation is 1. The Balaban J connectivity index is 1.47. The van der Waals surface area contributed by atoms with Crippen LogP contribution in [0, 0.1) is 0 Å². The maximum atomic E-state index is 12.4. The highest BCUT2D eigenvalue weighted by atomic mass is 32.1. The predicted octanol–water partition coefficient (Wildman–Crippen LogP) is 3.69. The Hall–Kier alpha value is -3.04. The molecule has 29 heavy (non-hydrogen) atoms. The van der Waals surface area contributed by atoms with Crippen molar-refractivity contribution in [3.8, 4) is 11.5 Å². The number of nitrogens with zero attached hydrogens (tertiary/aromatic N) is 2. The van der Waals surface area contributed by atoms with Crippen LogP contribution in [0.15, 0.2) is 54.6 Å². The van der Waals surface area contributed by atoms with Crippen LogP contribution in [0.1, 0.15) is 22.3 Å². The second-order valence-electron chi connectivity index (χ2n) is 5.80. The van der Waals surface area contributed by atoms with Crippen LogP contribution in [-0.2, 0) is 6.42 Å². The van der Waals surface area contributed by atoms with Gasteiger partial charge in [0, 0.05) is 5.56 Å². The Labute approximate surface area is 178 Å². The molecule has 0 spiro atoms. The first-order chi connectivity index (χ1) is 14.1. The molecule has 0 radical (unpaired) electrons. The van der Waals surface area contributed by atoms with Gasteiger partial charge in [-0.05, 0) is 49.0 Å². The molecule has 0 unspecified atom stereocenters. The van der Waals surface area contributed by atoms with E-state index in [0.717, 1.165) is 17.2 Å². The number of aromatic nitrogens is 2. The zero-order valence-corrected chi connectivity index (χ0v) is 17.4. The van der Waals surface area contributed by atoms with Gasteiger partial charge >= 0.3 is 0 Å². The van der Waals surface area contributed by atoms with Crippen molar-refractivity contribution < 1.29 is 14.3 Å². The molecule has 0 fully saturated rings. The molecule has 2 aromatic carbocycles. The first-order valence-electron chi connectivity index (χ1n) is 8.99. The second-order valence-corrected chi connectivity index (χ2v) is 7.27. The van der Waals surface area contributed by atoms with Crippen LogP contribution in [0.3, 0.4) is 0 Å². The maximum Gasteiger partial charge on any atom is 0.257 e. The second kappa shape index (κ2) is 10.5. The van der Waals surface area contributed by atoms with Gasteiger partial charge in [-0.15, -0.1) is 10.2 Å². The fraction of sp³-hybridized carbons (Fsp3) is 0.200. The van der Waals surface area contributed by atoms with E-state index in [2.05, 4.69) is 20.8 Å². The summed E-state index contributed by atoms with van der Waals surface area (Å²) in [5.74, 6) is 1.02. The number of hydrogen-bond donors (Lipinski definition) is 2. The average Bonchev–Trinajstić information content (AvgIpc) is 3.19. The van der Waals surface area contributed by atoms with Gasteiger partial charge in [-0.1, -0.05) is 42.5 Å². The molecular formula is C20H20N4O3S2. The molecule has 0 bridgehead atoms. The molecule has 3 rings (SSSR count). The molecule has 0 aliphatic heterocycles. The van der Waals surface area contributed by atoms with E-state index in [1.807, 2.05) is 37.3 Å². The molecule has 9 heteroatoms. The first kappa shape index (κ1) is 20.7. The number of benzene rings is 2. The maximum absolute atomic E-state index is 12.4. The minimum atomic E-state index is -0.339. The normalized spacial score (nSPS) is 10.2. The van der Waals surface area contributed by atoms with Crippen LogP contribution in [0.25, 0.3) is 0 Å². The number of carbonyl (C=O) groups is 1. The van der Waals surface area contributed by atoms with E-state index in [9.17, 15) is 4.79 Å². The van der Waals surface area contributed by atoms with Crippen molar-refractivity contribution in [1.29, 1.82) is 0 Å². The van der Waals surface area contributed by atoms with Crippen molar-refractivity contribution >= 4 is 39.7 Å². The van der Waals surface area contributed by atoms with Crippen molar-refractivity contribution in [1.82, 2.24) is 15.5 Å². The number of nitrogens with one attached hydrogen (secondary N) is 2. The fourth-order valence-corrected chi connectivity index (χ4v) is 3.25. The Morgan fingerprint density at radius 2 is 1.76 bits per heavy atom. The summed E-state index contributed by atoms with van der Waals surface area (Å²) in [5.41, 5.74) is 0.433. The highest BCUT2D eigenvalue weighted by Crippen LogP contribution is 2.16. The minimum Gasteiger partial charge on any atom is -0.490 e. The topological polar surface area (TPSA) is 85.4 Å². The lowest BCUT2D eigenvalue weighted by Crippen LogP contribution is -2.34. The molecule has 0 atom stereocenters. The predicted molar refractivity (Wildman–Crippen MR) is 117 cm³/mol.